The lowest BCUT2D eigenvalue weighted by Crippen LogP contribution is -2.25. The Morgan fingerprint density at radius 2 is 2.00 bits per heavy atom. The summed E-state index contributed by atoms with van der Waals surface area (Å²) in [6.07, 6.45) is 0.528. The van der Waals surface area contributed by atoms with E-state index in [4.69, 9.17) is 4.74 Å². The first-order valence-electron chi connectivity index (χ1n) is 3.03. The molecule has 1 saturated heterocycles. The Bertz CT molecular complexity index is 83.1. The number of hydrogen-bond donors (Lipinski definition) is 0. The molecule has 9 heavy (non-hydrogen) atoms. The van der Waals surface area contributed by atoms with E-state index in [1.807, 2.05) is 0 Å². The van der Waals surface area contributed by atoms with E-state index in [1.165, 1.54) is 0 Å². The molecule has 1 aliphatic rings. The highest BCUT2D eigenvalue weighted by molar-refractivity contribution is 4.81. The van der Waals surface area contributed by atoms with Crippen molar-refractivity contribution in [2.75, 3.05) is 26.6 Å². The third-order valence-corrected chi connectivity index (χ3v) is 1.75. The van der Waals surface area contributed by atoms with Crippen LogP contribution in [0.25, 0.3) is 0 Å². The Labute approximate surface area is 53.0 Å². The van der Waals surface area contributed by atoms with Gasteiger partial charge < -0.3 is 4.74 Å². The van der Waals surface area contributed by atoms with Gasteiger partial charge in [0, 0.05) is 6.61 Å². The summed E-state index contributed by atoms with van der Waals surface area (Å²) >= 11 is 0. The molecule has 0 N–H and O–H groups in total. The summed E-state index contributed by atoms with van der Waals surface area (Å²) in [7, 11) is 0. The van der Waals surface area contributed by atoms with Crippen molar-refractivity contribution in [3.63, 3.8) is 0 Å². The first kappa shape index (κ1) is 6.93. The van der Waals surface area contributed by atoms with Crippen LogP contribution >= 0.6 is 0 Å². The molecule has 1 fully saturated rings. The predicted molar refractivity (Wildman–Crippen MR) is 29.8 cm³/mol. The highest BCUT2D eigenvalue weighted by Gasteiger charge is 2.35. The van der Waals surface area contributed by atoms with Crippen LogP contribution in [0.4, 0.5) is 8.78 Å². The summed E-state index contributed by atoms with van der Waals surface area (Å²) in [6.45, 7) is -0.430. The van der Waals surface area contributed by atoms with E-state index >= 15 is 0 Å². The first-order chi connectivity index (χ1) is 4.33. The van der Waals surface area contributed by atoms with Gasteiger partial charge in [-0.3, -0.25) is 8.78 Å². The molecule has 0 unspecified atom stereocenters. The Morgan fingerprint density at radius 1 is 1.33 bits per heavy atom. The zero-order valence-electron chi connectivity index (χ0n) is 5.20. The summed E-state index contributed by atoms with van der Waals surface area (Å²) in [4.78, 5) is 0. The molecule has 1 nitrogen and oxygen atoms in total. The smallest absolute Gasteiger partial charge is 0.0998 e. The van der Waals surface area contributed by atoms with Gasteiger partial charge in [0.05, 0.1) is 25.4 Å². The standard InChI is InChI=1S/C6H10F2O/c7-3-6(4-8)1-2-9-5-6/h1-5H2. The van der Waals surface area contributed by atoms with E-state index < -0.39 is 18.8 Å². The van der Waals surface area contributed by atoms with E-state index in [9.17, 15) is 8.78 Å². The molecule has 1 rings (SSSR count). The normalized spacial score (nSPS) is 24.7. The van der Waals surface area contributed by atoms with Crippen LogP contribution in [0.3, 0.4) is 0 Å². The van der Waals surface area contributed by atoms with Gasteiger partial charge >= 0.3 is 0 Å². The molecule has 1 aliphatic heterocycles. The number of ether oxygens (including phenoxy) is 1. The quantitative estimate of drug-likeness (QED) is 0.556. The predicted octanol–water partition coefficient (Wildman–Crippen LogP) is 1.33. The summed E-state index contributed by atoms with van der Waals surface area (Å²) in [6, 6.07) is 0. The summed E-state index contributed by atoms with van der Waals surface area (Å²) in [5.41, 5.74) is -0.778. The summed E-state index contributed by atoms with van der Waals surface area (Å²) < 4.78 is 28.9. The maximum Gasteiger partial charge on any atom is 0.0998 e. The van der Waals surface area contributed by atoms with Crippen LogP contribution in [0.5, 0.6) is 0 Å². The minimum atomic E-state index is -0.778. The van der Waals surface area contributed by atoms with Crippen LogP contribution in [-0.4, -0.2) is 26.6 Å². The minimum Gasteiger partial charge on any atom is -0.381 e. The van der Waals surface area contributed by atoms with Gasteiger partial charge in [0.25, 0.3) is 0 Å². The third-order valence-electron chi connectivity index (χ3n) is 1.75. The molecule has 0 aliphatic carbocycles. The van der Waals surface area contributed by atoms with Gasteiger partial charge in [0.15, 0.2) is 0 Å². The van der Waals surface area contributed by atoms with Gasteiger partial charge in [-0.2, -0.15) is 0 Å². The fourth-order valence-corrected chi connectivity index (χ4v) is 0.896. The highest BCUT2D eigenvalue weighted by Crippen LogP contribution is 2.29. The van der Waals surface area contributed by atoms with E-state index in [-0.39, 0.29) is 6.61 Å². The van der Waals surface area contributed by atoms with Crippen molar-refractivity contribution in [3.05, 3.63) is 0 Å². The number of halogens is 2. The molecule has 1 heterocycles. The monoisotopic (exact) mass is 136 g/mol. The topological polar surface area (TPSA) is 9.23 Å². The molecule has 0 radical (unpaired) electrons. The van der Waals surface area contributed by atoms with E-state index in [1.54, 1.807) is 0 Å². The molecule has 0 aromatic carbocycles. The zero-order chi connectivity index (χ0) is 6.74. The van der Waals surface area contributed by atoms with E-state index in [0.29, 0.717) is 13.0 Å². The lowest BCUT2D eigenvalue weighted by Gasteiger charge is -2.17. The summed E-state index contributed by atoms with van der Waals surface area (Å²) in [5, 5.41) is 0. The van der Waals surface area contributed by atoms with Crippen molar-refractivity contribution in [1.29, 1.82) is 0 Å². The van der Waals surface area contributed by atoms with Gasteiger partial charge in [0.1, 0.15) is 0 Å². The second-order valence-corrected chi connectivity index (χ2v) is 2.57. The Hall–Kier alpha value is -0.180. The van der Waals surface area contributed by atoms with E-state index in [0.717, 1.165) is 0 Å². The Morgan fingerprint density at radius 3 is 2.22 bits per heavy atom. The molecular weight excluding hydrogens is 126 g/mol. The summed E-state index contributed by atoms with van der Waals surface area (Å²) in [5.74, 6) is 0. The molecule has 0 amide bonds. The van der Waals surface area contributed by atoms with Crippen molar-refractivity contribution in [1.82, 2.24) is 0 Å². The SMILES string of the molecule is FCC1(CF)CCOC1. The number of rotatable bonds is 2. The average molecular weight is 136 g/mol. The van der Waals surface area contributed by atoms with Crippen LogP contribution < -0.4 is 0 Å². The molecule has 0 saturated carbocycles. The largest absolute Gasteiger partial charge is 0.381 e. The molecule has 0 spiro atoms. The molecule has 0 aromatic rings. The van der Waals surface area contributed by atoms with Gasteiger partial charge in [-0.1, -0.05) is 0 Å². The first-order valence-corrected chi connectivity index (χ1v) is 3.03. The fourth-order valence-electron chi connectivity index (χ4n) is 0.896. The second kappa shape index (κ2) is 2.60. The molecule has 0 bridgehead atoms. The van der Waals surface area contributed by atoms with Gasteiger partial charge in [-0.05, 0) is 6.42 Å². The lowest BCUT2D eigenvalue weighted by atomic mass is 9.91. The van der Waals surface area contributed by atoms with Crippen molar-refractivity contribution in [2.24, 2.45) is 5.41 Å². The van der Waals surface area contributed by atoms with Gasteiger partial charge in [0.2, 0.25) is 0 Å². The van der Waals surface area contributed by atoms with Crippen molar-refractivity contribution in [2.45, 2.75) is 6.42 Å². The highest BCUT2D eigenvalue weighted by atomic mass is 19.1. The third kappa shape index (κ3) is 1.21. The number of alkyl halides is 2. The van der Waals surface area contributed by atoms with Gasteiger partial charge in [-0.25, -0.2) is 0 Å². The van der Waals surface area contributed by atoms with Crippen LogP contribution in [0, 0.1) is 5.41 Å². The second-order valence-electron chi connectivity index (χ2n) is 2.57. The molecular formula is C6H10F2O. The fraction of sp³-hybridized carbons (Fsp3) is 1.00. The lowest BCUT2D eigenvalue weighted by molar-refractivity contribution is 0.108. The van der Waals surface area contributed by atoms with Crippen molar-refractivity contribution in [3.8, 4) is 0 Å². The Balaban J connectivity index is 2.45. The maximum atomic E-state index is 12.0. The molecule has 0 aromatic heterocycles. The van der Waals surface area contributed by atoms with E-state index in [2.05, 4.69) is 0 Å². The Kier molecular flexibility index (Phi) is 2.01. The molecule has 0 atom stereocenters. The van der Waals surface area contributed by atoms with Crippen LogP contribution in [-0.2, 0) is 4.74 Å². The van der Waals surface area contributed by atoms with Crippen molar-refractivity contribution < 1.29 is 13.5 Å². The molecule has 3 heteroatoms. The van der Waals surface area contributed by atoms with Crippen molar-refractivity contribution >= 4 is 0 Å². The minimum absolute atomic E-state index is 0.250. The van der Waals surface area contributed by atoms with Crippen LogP contribution in [0.2, 0.25) is 0 Å². The maximum absolute atomic E-state index is 12.0. The average Bonchev–Trinajstić information content (AvgIpc) is 2.36. The zero-order valence-corrected chi connectivity index (χ0v) is 5.20. The van der Waals surface area contributed by atoms with Gasteiger partial charge in [-0.15, -0.1) is 0 Å². The van der Waals surface area contributed by atoms with Crippen LogP contribution in [0.15, 0.2) is 0 Å². The van der Waals surface area contributed by atoms with Crippen LogP contribution in [0.1, 0.15) is 6.42 Å². The number of hydrogen-bond acceptors (Lipinski definition) is 1. The molecule has 54 valence electrons.